The van der Waals surface area contributed by atoms with Crippen LogP contribution in [0.4, 0.5) is 0 Å². The molecule has 0 aromatic carbocycles. The van der Waals surface area contributed by atoms with Crippen LogP contribution in [0.5, 0.6) is 0 Å². The van der Waals surface area contributed by atoms with Crippen molar-refractivity contribution in [3.05, 3.63) is 0 Å². The average molecular weight is 170 g/mol. The summed E-state index contributed by atoms with van der Waals surface area (Å²) in [6.45, 7) is 8.20. The summed E-state index contributed by atoms with van der Waals surface area (Å²) in [7, 11) is 1.93. The first kappa shape index (κ1) is 10.6. The zero-order valence-corrected chi connectivity index (χ0v) is 9.18. The Labute approximate surface area is 71.5 Å². The van der Waals surface area contributed by atoms with Crippen LogP contribution in [0.25, 0.3) is 0 Å². The van der Waals surface area contributed by atoms with Gasteiger partial charge in [0, 0.05) is 6.42 Å². The normalized spacial score (nSPS) is 12.4. The van der Waals surface area contributed by atoms with Crippen molar-refractivity contribution in [1.29, 1.82) is 0 Å². The van der Waals surface area contributed by atoms with Gasteiger partial charge in [0.1, 0.15) is 0 Å². The minimum Gasteiger partial charge on any atom is -0.211 e. The molecule has 3 heteroatoms. The molecule has 0 aliphatic carbocycles. The summed E-state index contributed by atoms with van der Waals surface area (Å²) in [6.07, 6.45) is 2.52. The average Bonchev–Trinajstić information content (AvgIpc) is 1.55. The molecule has 0 atom stereocenters. The topological polar surface area (TPSA) is 29.4 Å². The third-order valence-electron chi connectivity index (χ3n) is 1.26. The highest BCUT2D eigenvalue weighted by Gasteiger charge is 2.29. The number of carbonyl (C=O) groups excluding carboxylic acids is 1. The van der Waals surface area contributed by atoms with Crippen LogP contribution in [-0.2, 0) is 4.79 Å². The zero-order valence-electron chi connectivity index (χ0n) is 7.77. The molecule has 11 heavy (non-hydrogen) atoms. The van der Waals surface area contributed by atoms with E-state index in [1.165, 1.54) is 0 Å². The van der Waals surface area contributed by atoms with Gasteiger partial charge in [0.15, 0.2) is 0 Å². The predicted octanol–water partition coefficient (Wildman–Crippen LogP) is 1.32. The Bertz CT molecular complexity index is 175. The van der Waals surface area contributed by atoms with E-state index in [9.17, 15) is 4.79 Å². The van der Waals surface area contributed by atoms with E-state index in [-0.39, 0.29) is 10.6 Å². The first-order chi connectivity index (χ1) is 4.77. The maximum atomic E-state index is 10.0. The lowest BCUT2D eigenvalue weighted by molar-refractivity contribution is 0.412. The van der Waals surface area contributed by atoms with E-state index in [4.69, 9.17) is 0 Å². The molecule has 0 aromatic heterocycles. The molecule has 0 heterocycles. The van der Waals surface area contributed by atoms with Crippen molar-refractivity contribution in [2.45, 2.75) is 44.7 Å². The predicted molar refractivity (Wildman–Crippen MR) is 49.4 cm³/mol. The molecule has 0 spiro atoms. The van der Waals surface area contributed by atoms with E-state index >= 15 is 0 Å². The smallest absolute Gasteiger partial charge is 0.211 e. The first-order valence-electron chi connectivity index (χ1n) is 3.71. The molecule has 0 rings (SSSR count). The van der Waals surface area contributed by atoms with Gasteiger partial charge in [-0.05, 0) is 27.7 Å². The molecule has 0 aromatic rings. The highest BCUT2D eigenvalue weighted by molar-refractivity contribution is 6.14. The van der Waals surface area contributed by atoms with Crippen molar-refractivity contribution < 1.29 is 4.79 Å². The van der Waals surface area contributed by atoms with Gasteiger partial charge in [0.25, 0.3) is 10.2 Å². The third kappa shape index (κ3) is 6.01. The molecule has 0 bridgehead atoms. The monoisotopic (exact) mass is 170 g/mol. The van der Waals surface area contributed by atoms with Gasteiger partial charge in [-0.25, -0.2) is 4.79 Å². The van der Waals surface area contributed by atoms with Crippen LogP contribution in [-0.4, -0.2) is 21.9 Å². The second kappa shape index (κ2) is 3.33. The van der Waals surface area contributed by atoms with Crippen molar-refractivity contribution >= 4 is 16.3 Å². The Balaban J connectivity index is 4.24. The third-order valence-corrected chi connectivity index (χ3v) is 1.51. The largest absolute Gasteiger partial charge is 0.289 e. The Morgan fingerprint density at radius 3 is 2.09 bits per heavy atom. The molecule has 0 saturated carbocycles. The van der Waals surface area contributed by atoms with Gasteiger partial charge in [0.05, 0.1) is 10.6 Å². The van der Waals surface area contributed by atoms with Gasteiger partial charge in [-0.3, -0.25) is 0 Å². The molecule has 0 N–H and O–H groups in total. The summed E-state index contributed by atoms with van der Waals surface area (Å²) in [4.78, 5) is 13.8. The minimum atomic E-state index is -0.257. The SMILES string of the molecule is CC(C)([SiH2+])CC(C)(C)N=C=O. The Kier molecular flexibility index (Phi) is 3.21. The quantitative estimate of drug-likeness (QED) is 0.357. The van der Waals surface area contributed by atoms with Gasteiger partial charge in [-0.2, -0.15) is 4.99 Å². The summed E-state index contributed by atoms with van der Waals surface area (Å²) in [5.41, 5.74) is -0.257. The van der Waals surface area contributed by atoms with E-state index < -0.39 is 0 Å². The highest BCUT2D eigenvalue weighted by atomic mass is 28.1. The van der Waals surface area contributed by atoms with Crippen LogP contribution in [0.2, 0.25) is 5.04 Å². The standard InChI is InChI=1S/C8H16NOSi/c1-7(2,9-6-10)5-8(3,4)11/h5,11H2,1-4H3/q+1. The molecule has 0 saturated heterocycles. The number of isocyanates is 1. The molecular formula is C8H16NOSi+. The lowest BCUT2D eigenvalue weighted by Crippen LogP contribution is -2.22. The summed E-state index contributed by atoms with van der Waals surface area (Å²) in [5.74, 6) is 0. The van der Waals surface area contributed by atoms with Gasteiger partial charge in [-0.1, -0.05) is 0 Å². The van der Waals surface area contributed by atoms with Crippen LogP contribution in [0.3, 0.4) is 0 Å². The van der Waals surface area contributed by atoms with Crippen LogP contribution < -0.4 is 0 Å². The van der Waals surface area contributed by atoms with Crippen LogP contribution >= 0.6 is 0 Å². The molecular weight excluding hydrogens is 154 g/mol. The maximum Gasteiger partial charge on any atom is 0.289 e. The molecule has 0 fully saturated rings. The second-order valence-electron chi connectivity index (χ2n) is 4.36. The number of aliphatic imine (C=N–C) groups is 1. The fourth-order valence-electron chi connectivity index (χ4n) is 1.33. The van der Waals surface area contributed by atoms with E-state index in [0.29, 0.717) is 0 Å². The van der Waals surface area contributed by atoms with Crippen LogP contribution in [0, 0.1) is 0 Å². The molecule has 2 nitrogen and oxygen atoms in total. The first-order valence-corrected chi connectivity index (χ1v) is 4.42. The Hall–Kier alpha value is -0.403. The number of hydrogen-bond donors (Lipinski definition) is 0. The molecule has 0 aliphatic rings. The fraction of sp³-hybridized carbons (Fsp3) is 0.875. The minimum absolute atomic E-state index is 0.240. The highest BCUT2D eigenvalue weighted by Crippen LogP contribution is 2.32. The molecule has 62 valence electrons. The zero-order chi connectivity index (χ0) is 9.12. The van der Waals surface area contributed by atoms with Crippen LogP contribution in [0.1, 0.15) is 34.1 Å². The molecule has 0 unspecified atom stereocenters. The van der Waals surface area contributed by atoms with Gasteiger partial charge in [0.2, 0.25) is 6.08 Å². The van der Waals surface area contributed by atoms with Gasteiger partial charge >= 0.3 is 0 Å². The number of rotatable bonds is 3. The molecule has 0 amide bonds. The number of nitrogens with zero attached hydrogens (tertiary/aromatic N) is 1. The summed E-state index contributed by atoms with van der Waals surface area (Å²) in [5, 5.41) is 0.240. The van der Waals surface area contributed by atoms with E-state index in [0.717, 1.165) is 6.42 Å². The van der Waals surface area contributed by atoms with Gasteiger partial charge < -0.3 is 0 Å². The fourth-order valence-corrected chi connectivity index (χ4v) is 1.95. The Morgan fingerprint density at radius 1 is 1.36 bits per heavy atom. The Morgan fingerprint density at radius 2 is 1.82 bits per heavy atom. The lowest BCUT2D eigenvalue weighted by Gasteiger charge is -2.22. The van der Waals surface area contributed by atoms with Gasteiger partial charge in [-0.15, -0.1) is 0 Å². The van der Waals surface area contributed by atoms with Crippen molar-refractivity contribution in [2.75, 3.05) is 0 Å². The number of hydrogen-bond acceptors (Lipinski definition) is 2. The van der Waals surface area contributed by atoms with Crippen molar-refractivity contribution in [3.8, 4) is 0 Å². The van der Waals surface area contributed by atoms with E-state index in [1.54, 1.807) is 6.08 Å². The van der Waals surface area contributed by atoms with E-state index in [1.807, 2.05) is 24.1 Å². The van der Waals surface area contributed by atoms with Crippen LogP contribution in [0.15, 0.2) is 4.99 Å². The van der Waals surface area contributed by atoms with Crippen molar-refractivity contribution in [3.63, 3.8) is 0 Å². The van der Waals surface area contributed by atoms with Crippen molar-refractivity contribution in [2.24, 2.45) is 4.99 Å². The van der Waals surface area contributed by atoms with E-state index in [2.05, 4.69) is 18.8 Å². The molecule has 0 radical (unpaired) electrons. The summed E-state index contributed by atoms with van der Waals surface area (Å²) < 4.78 is 0. The maximum absolute atomic E-state index is 10.0. The van der Waals surface area contributed by atoms with Crippen molar-refractivity contribution in [1.82, 2.24) is 0 Å². The molecule has 0 aliphatic heterocycles. The lowest BCUT2D eigenvalue weighted by atomic mass is 9.93. The summed E-state index contributed by atoms with van der Waals surface area (Å²) in [6, 6.07) is 0. The summed E-state index contributed by atoms with van der Waals surface area (Å²) >= 11 is 0. The second-order valence-corrected chi connectivity index (χ2v) is 6.27.